The van der Waals surface area contributed by atoms with Crippen LogP contribution < -0.4 is 36.5 Å². The molecule has 594 valence electrons. The Morgan fingerprint density at radius 1 is 0.325 bits per heavy atom. The van der Waals surface area contributed by atoms with Gasteiger partial charge in [-0.05, 0) is 199 Å². The van der Waals surface area contributed by atoms with Crippen molar-refractivity contribution in [1.29, 1.82) is 0 Å². The first-order chi connectivity index (χ1) is 55.7. The molecule has 16 aromatic rings. The van der Waals surface area contributed by atoms with Crippen molar-refractivity contribution < 1.29 is 36.5 Å². The molecule has 0 saturated heterocycles. The molecule has 0 radical (unpaired) electrons. The van der Waals surface area contributed by atoms with Gasteiger partial charge in [-0.25, -0.2) is 41.4 Å². The van der Waals surface area contributed by atoms with Crippen LogP contribution in [0.4, 0.5) is 5.69 Å². The number of imidazole rings is 4. The first-order valence-electron chi connectivity index (χ1n) is 41.5. The summed E-state index contributed by atoms with van der Waals surface area (Å²) in [6.45, 7) is 56.7. The third kappa shape index (κ3) is 15.9. The molecule has 0 N–H and O–H groups in total. The van der Waals surface area contributed by atoms with Gasteiger partial charge in [0.1, 0.15) is 49.6 Å². The number of fused-ring (bicyclic) bond motifs is 4. The molecule has 0 unspecified atom stereocenters. The Kier molecular flexibility index (Phi) is 23.7. The van der Waals surface area contributed by atoms with Crippen LogP contribution in [0.25, 0.3) is 117 Å². The fourth-order valence-corrected chi connectivity index (χ4v) is 17.4. The van der Waals surface area contributed by atoms with E-state index in [0.29, 0.717) is 29.9 Å². The molecule has 0 aliphatic heterocycles. The van der Waals surface area contributed by atoms with Crippen molar-refractivity contribution in [3.63, 3.8) is 0 Å². The fraction of sp³-hybridized carbons (Fsp3) is 0.298. The third-order valence-corrected chi connectivity index (χ3v) is 23.6. The minimum atomic E-state index is 0.0457. The number of nitrogens with zero attached hydrogens (tertiary/aromatic N) is 13. The molecule has 8 heterocycles. The van der Waals surface area contributed by atoms with Crippen molar-refractivity contribution in [1.82, 2.24) is 18.3 Å². The summed E-state index contributed by atoms with van der Waals surface area (Å²) in [7, 11) is 8.48. The Morgan fingerprint density at radius 2 is 0.641 bits per heavy atom. The Bertz CT molecular complexity index is 6520. The van der Waals surface area contributed by atoms with Gasteiger partial charge in [-0.15, -0.1) is 0 Å². The first-order valence-corrected chi connectivity index (χ1v) is 41.5. The van der Waals surface area contributed by atoms with E-state index in [1.807, 2.05) is 12.1 Å². The number of hydrogen-bond acceptors (Lipinski definition) is 0. The van der Waals surface area contributed by atoms with Gasteiger partial charge < -0.3 is 0 Å². The van der Waals surface area contributed by atoms with Crippen LogP contribution >= 0.6 is 0 Å². The highest BCUT2D eigenvalue weighted by Gasteiger charge is 2.35. The second-order valence-corrected chi connectivity index (χ2v) is 34.4. The highest BCUT2D eigenvalue weighted by Crippen LogP contribution is 2.38. The van der Waals surface area contributed by atoms with Crippen LogP contribution in [0, 0.1) is 82.7 Å². The zero-order chi connectivity index (χ0) is 84.1. The molecule has 117 heavy (non-hydrogen) atoms. The van der Waals surface area contributed by atoms with E-state index in [1.54, 1.807) is 0 Å². The van der Waals surface area contributed by atoms with E-state index in [4.69, 9.17) is 6.57 Å². The maximum absolute atomic E-state index is 7.71. The highest BCUT2D eigenvalue weighted by molar-refractivity contribution is 5.81. The summed E-state index contributed by atoms with van der Waals surface area (Å²) in [5, 5.41) is 4.96. The maximum atomic E-state index is 7.71. The SMILES string of the molecule is Cc1c(-c2n(C(C)C)cc[n+]2C)cc(C(C)(C)C)cc1-[n+]1c(C)ccc2ccccc21.Cc1cc(-c2n(C(C)C)cc[n+]2C)c(C)c(-[n+]2c(C)ccc3ccccc32)c1.Cc1cc(C)c(-[n+]2c(C)ccc3ccccc32)c(C)c1-c1n(C(C)C)cc[n+]1C.[C-]#[N+]c1cc(-c2n(C(C)C)cc[n+]2C)c(C)c(-[n+]2c(C)ccc3ccccc32)c1. The van der Waals surface area contributed by atoms with Gasteiger partial charge in [-0.3, -0.25) is 0 Å². The van der Waals surface area contributed by atoms with Crippen LogP contribution in [0.1, 0.15) is 168 Å². The molecule has 8 aromatic heterocycles. The summed E-state index contributed by atoms with van der Waals surface area (Å²) < 4.78 is 27.7. The molecular weight excluding hydrogens is 1430 g/mol. The molecule has 13 nitrogen and oxygen atoms in total. The smallest absolute Gasteiger partial charge is 0.238 e. The molecular formula is C104H121N13+8. The minimum Gasteiger partial charge on any atom is -0.238 e. The number of pyridine rings is 4. The summed E-state index contributed by atoms with van der Waals surface area (Å²) in [4.78, 5) is 3.80. The fourth-order valence-electron chi connectivity index (χ4n) is 17.4. The van der Waals surface area contributed by atoms with Crippen LogP contribution in [-0.2, 0) is 33.6 Å². The maximum Gasteiger partial charge on any atom is 0.289 e. The molecule has 13 heteroatoms. The van der Waals surface area contributed by atoms with Crippen LogP contribution in [-0.4, -0.2) is 18.3 Å². The summed E-state index contributed by atoms with van der Waals surface area (Å²) in [6, 6.07) is 69.2. The van der Waals surface area contributed by atoms with Crippen molar-refractivity contribution in [2.45, 2.75) is 182 Å². The molecule has 0 aliphatic rings. The number of benzene rings is 8. The standard InChI is InChI=1S/C28H35N3.C26H31N3.C25H26N4.C25H29N3/c1-19(2)30-16-15-29(8)27(30)24-17-23(28(5,6)7)18-26(21(24)4)31-20(3)13-14-22-11-9-10-12-25(22)31;1-17(2)28-15-14-27(7)26(28)24-18(3)16-19(4)25(21(24)6)29-20(5)12-13-22-10-8-9-11-23(22)29;1-17(2)28-14-13-27(6)25(28)22-15-21(26-5)16-24(19(22)4)29-18(3)11-12-20-9-7-8-10-23(20)29;1-17(2)27-14-13-26(6)25(27)22-15-18(3)16-24(20(22)5)28-19(4)11-12-21-9-7-8-10-23(21)28/h9-19H,1-8H3;8-17H,1-7H3;7-17H,1-4,6H3;7-17H,1-6H3/q4*+2. The Morgan fingerprint density at radius 3 is 1.01 bits per heavy atom. The van der Waals surface area contributed by atoms with Crippen molar-refractivity contribution >= 4 is 49.3 Å². The molecule has 0 aliphatic carbocycles. The monoisotopic (exact) mass is 1550 g/mol. The van der Waals surface area contributed by atoms with Gasteiger partial charge in [-0.2, -0.15) is 18.3 Å². The van der Waals surface area contributed by atoms with E-state index in [-0.39, 0.29) is 5.41 Å². The lowest BCUT2D eigenvalue weighted by molar-refractivity contribution is -0.659. The second kappa shape index (κ2) is 33.5. The lowest BCUT2D eigenvalue weighted by Crippen LogP contribution is -2.38. The Hall–Kier alpha value is -12.3. The van der Waals surface area contributed by atoms with Crippen LogP contribution in [0.5, 0.6) is 0 Å². The molecule has 0 amide bonds. The second-order valence-electron chi connectivity index (χ2n) is 34.4. The van der Waals surface area contributed by atoms with Crippen molar-refractivity contribution in [2.24, 2.45) is 28.2 Å². The number of aromatic nitrogens is 12. The molecule has 0 bridgehead atoms. The van der Waals surface area contributed by atoms with Crippen LogP contribution in [0.15, 0.2) is 238 Å². The van der Waals surface area contributed by atoms with Crippen LogP contribution in [0.3, 0.4) is 0 Å². The van der Waals surface area contributed by atoms with E-state index < -0.39 is 0 Å². The summed E-state index contributed by atoms with van der Waals surface area (Å²) in [5.74, 6) is 4.87. The van der Waals surface area contributed by atoms with Gasteiger partial charge in [-0.1, -0.05) is 69.3 Å². The summed E-state index contributed by atoms with van der Waals surface area (Å²) in [5.41, 5.74) is 30.6. The average Bonchev–Trinajstić information content (AvgIpc) is 1.73. The van der Waals surface area contributed by atoms with Gasteiger partial charge in [0.25, 0.3) is 23.3 Å². The largest absolute Gasteiger partial charge is 0.289 e. The number of para-hydroxylation sites is 4. The quantitative estimate of drug-likeness (QED) is 0.0865. The van der Waals surface area contributed by atoms with Gasteiger partial charge in [0.2, 0.25) is 44.8 Å². The lowest BCUT2D eigenvalue weighted by atomic mass is 9.84. The minimum absolute atomic E-state index is 0.0457. The van der Waals surface area contributed by atoms with E-state index in [9.17, 15) is 0 Å². The summed E-state index contributed by atoms with van der Waals surface area (Å²) in [6.07, 6.45) is 17.2. The first kappa shape index (κ1) is 82.7. The van der Waals surface area contributed by atoms with Crippen LogP contribution in [0.2, 0.25) is 0 Å². The molecule has 0 atom stereocenters. The van der Waals surface area contributed by atoms with Crippen molar-refractivity contribution in [3.05, 3.63) is 316 Å². The predicted octanol–water partition coefficient (Wildman–Crippen LogP) is 21.2. The van der Waals surface area contributed by atoms with Gasteiger partial charge >= 0.3 is 0 Å². The number of aryl methyl sites for hydroxylation is 11. The molecule has 0 saturated carbocycles. The topological polar surface area (TPSA) is 55.1 Å². The van der Waals surface area contributed by atoms with Crippen molar-refractivity contribution in [3.8, 4) is 68.3 Å². The molecule has 0 spiro atoms. The predicted molar refractivity (Wildman–Crippen MR) is 479 cm³/mol. The summed E-state index contributed by atoms with van der Waals surface area (Å²) >= 11 is 0. The van der Waals surface area contributed by atoms with E-state index >= 15 is 0 Å². The molecule has 0 fully saturated rings. The van der Waals surface area contributed by atoms with E-state index in [2.05, 4.69) is 466 Å². The van der Waals surface area contributed by atoms with Gasteiger partial charge in [0.05, 0.1) is 81.2 Å². The highest BCUT2D eigenvalue weighted by atomic mass is 15.2. The van der Waals surface area contributed by atoms with E-state index in [0.717, 1.165) is 33.8 Å². The average molecular weight is 1550 g/mol. The number of rotatable bonds is 12. The molecule has 16 rings (SSSR count). The van der Waals surface area contributed by atoms with Crippen molar-refractivity contribution in [2.75, 3.05) is 0 Å². The Labute approximate surface area is 694 Å². The number of hydrogen-bond donors (Lipinski definition) is 0. The van der Waals surface area contributed by atoms with Gasteiger partial charge in [0.15, 0.2) is 28.5 Å². The Balaban J connectivity index is 0.000000136. The zero-order valence-electron chi connectivity index (χ0n) is 74.1. The lowest BCUT2D eigenvalue weighted by Gasteiger charge is -2.21. The van der Waals surface area contributed by atoms with E-state index in [1.165, 1.54) is 145 Å². The normalized spacial score (nSPS) is 11.6. The van der Waals surface area contributed by atoms with Gasteiger partial charge in [0, 0.05) is 144 Å². The zero-order valence-corrected chi connectivity index (χ0v) is 74.1. The molecule has 8 aromatic carbocycles. The third-order valence-electron chi connectivity index (χ3n) is 23.6.